The highest BCUT2D eigenvalue weighted by atomic mass is 16.1. The smallest absolute Gasteiger partial charge is 0.275 e. The van der Waals surface area contributed by atoms with Crippen molar-refractivity contribution in [3.63, 3.8) is 0 Å². The average molecular weight is 410 g/mol. The van der Waals surface area contributed by atoms with Gasteiger partial charge < -0.3 is 0 Å². The van der Waals surface area contributed by atoms with E-state index in [0.717, 1.165) is 47.8 Å². The van der Waals surface area contributed by atoms with Gasteiger partial charge in [0.1, 0.15) is 0 Å². The average Bonchev–Trinajstić information content (AvgIpc) is 3.25. The van der Waals surface area contributed by atoms with Crippen LogP contribution >= 0.6 is 0 Å². The topological polar surface area (TPSA) is 38.1 Å². The zero-order chi connectivity index (χ0) is 21.2. The molecule has 31 heavy (non-hydrogen) atoms. The molecular weight excluding hydrogens is 382 g/mol. The van der Waals surface area contributed by atoms with Gasteiger partial charge in [-0.25, -0.2) is 4.68 Å². The van der Waals surface area contributed by atoms with E-state index in [9.17, 15) is 4.79 Å². The van der Waals surface area contributed by atoms with Crippen molar-refractivity contribution in [3.8, 4) is 11.3 Å². The molecule has 0 saturated heterocycles. The Labute approximate surface area is 182 Å². The summed E-state index contributed by atoms with van der Waals surface area (Å²) in [5, 5.41) is 6.51. The molecule has 4 nitrogen and oxygen atoms in total. The minimum absolute atomic E-state index is 0.0253. The molecule has 0 fully saturated rings. The minimum Gasteiger partial charge on any atom is -0.277 e. The van der Waals surface area contributed by atoms with Gasteiger partial charge in [0.2, 0.25) is 0 Å². The van der Waals surface area contributed by atoms with Gasteiger partial charge in [-0.15, -0.1) is 0 Å². The Bertz CT molecular complexity index is 1260. The first-order valence-electron chi connectivity index (χ1n) is 11.1. The molecule has 1 heterocycles. The number of fused-ring (bicyclic) bond motifs is 2. The zero-order valence-electron chi connectivity index (χ0n) is 17.9. The molecule has 0 saturated carbocycles. The fourth-order valence-corrected chi connectivity index (χ4v) is 4.84. The highest BCUT2D eigenvalue weighted by Crippen LogP contribution is 2.36. The Morgan fingerprint density at radius 3 is 2.45 bits per heavy atom. The summed E-state index contributed by atoms with van der Waals surface area (Å²) in [7, 11) is 0. The van der Waals surface area contributed by atoms with E-state index in [1.807, 2.05) is 42.5 Å². The van der Waals surface area contributed by atoms with Crippen LogP contribution in [0.5, 0.6) is 0 Å². The van der Waals surface area contributed by atoms with Crippen LogP contribution < -0.4 is 5.56 Å². The number of aromatic nitrogens is 2. The highest BCUT2D eigenvalue weighted by Gasteiger charge is 2.28. The third-order valence-electron chi connectivity index (χ3n) is 6.28. The molecule has 4 aromatic rings. The van der Waals surface area contributed by atoms with Crippen LogP contribution in [-0.2, 0) is 13.1 Å². The van der Waals surface area contributed by atoms with E-state index in [1.165, 1.54) is 11.1 Å². The maximum Gasteiger partial charge on any atom is 0.275 e. The number of benzene rings is 3. The van der Waals surface area contributed by atoms with Crippen molar-refractivity contribution in [2.75, 3.05) is 6.54 Å². The predicted molar refractivity (Wildman–Crippen MR) is 126 cm³/mol. The molecule has 0 spiro atoms. The second-order valence-electron chi connectivity index (χ2n) is 8.27. The number of nitrogens with zero attached hydrogens (tertiary/aromatic N) is 3. The summed E-state index contributed by atoms with van der Waals surface area (Å²) >= 11 is 0. The molecule has 1 aliphatic rings. The molecule has 156 valence electrons. The summed E-state index contributed by atoms with van der Waals surface area (Å²) in [6.07, 6.45) is 3.22. The second kappa shape index (κ2) is 8.48. The Morgan fingerprint density at radius 2 is 1.65 bits per heavy atom. The lowest BCUT2D eigenvalue weighted by atomic mass is 10.1. The first kappa shape index (κ1) is 19.7. The van der Waals surface area contributed by atoms with Gasteiger partial charge in [-0.3, -0.25) is 9.69 Å². The SMILES string of the molecule is CCCN(Cn1nc(-c2ccccc2)c2ccccc2c1=O)C1CCc2ccccc21. The molecule has 4 heteroatoms. The molecule has 5 rings (SSSR count). The van der Waals surface area contributed by atoms with Crippen LogP contribution in [0.2, 0.25) is 0 Å². The van der Waals surface area contributed by atoms with Gasteiger partial charge >= 0.3 is 0 Å². The van der Waals surface area contributed by atoms with Crippen molar-refractivity contribution >= 4 is 10.8 Å². The highest BCUT2D eigenvalue weighted by molar-refractivity contribution is 5.93. The van der Waals surface area contributed by atoms with Gasteiger partial charge in [0.25, 0.3) is 5.56 Å². The van der Waals surface area contributed by atoms with Gasteiger partial charge in [0, 0.05) is 23.5 Å². The Morgan fingerprint density at radius 1 is 0.935 bits per heavy atom. The van der Waals surface area contributed by atoms with Crippen LogP contribution in [-0.4, -0.2) is 21.2 Å². The molecule has 1 unspecified atom stereocenters. The summed E-state index contributed by atoms with van der Waals surface area (Å²) in [5.41, 5.74) is 4.69. The molecule has 0 amide bonds. The summed E-state index contributed by atoms with van der Waals surface area (Å²) in [5.74, 6) is 0. The van der Waals surface area contributed by atoms with Crippen LogP contribution in [0.1, 0.15) is 36.9 Å². The van der Waals surface area contributed by atoms with Gasteiger partial charge in [0.15, 0.2) is 0 Å². The third-order valence-corrected chi connectivity index (χ3v) is 6.28. The molecule has 3 aromatic carbocycles. The maximum atomic E-state index is 13.4. The Hall–Kier alpha value is -3.24. The lowest BCUT2D eigenvalue weighted by Gasteiger charge is -2.29. The van der Waals surface area contributed by atoms with E-state index in [-0.39, 0.29) is 5.56 Å². The van der Waals surface area contributed by atoms with Crippen molar-refractivity contribution in [1.82, 2.24) is 14.7 Å². The molecule has 0 bridgehead atoms. The van der Waals surface area contributed by atoms with E-state index in [4.69, 9.17) is 5.10 Å². The summed E-state index contributed by atoms with van der Waals surface area (Å²) in [6.45, 7) is 3.62. The normalized spacial score (nSPS) is 15.5. The number of hydrogen-bond acceptors (Lipinski definition) is 3. The van der Waals surface area contributed by atoms with Crippen molar-refractivity contribution in [2.24, 2.45) is 0 Å². The Kier molecular flexibility index (Phi) is 5.39. The van der Waals surface area contributed by atoms with Gasteiger partial charge in [0.05, 0.1) is 17.7 Å². The molecule has 1 aliphatic carbocycles. The second-order valence-corrected chi connectivity index (χ2v) is 8.27. The van der Waals surface area contributed by atoms with Crippen LogP contribution in [0.4, 0.5) is 0 Å². The first-order chi connectivity index (χ1) is 15.3. The number of aryl methyl sites for hydroxylation is 1. The fraction of sp³-hybridized carbons (Fsp3) is 0.259. The number of hydrogen-bond donors (Lipinski definition) is 0. The van der Waals surface area contributed by atoms with Gasteiger partial charge in [-0.05, 0) is 36.5 Å². The number of rotatable bonds is 6. The van der Waals surface area contributed by atoms with Crippen molar-refractivity contribution in [3.05, 3.63) is 100 Å². The van der Waals surface area contributed by atoms with Crippen LogP contribution in [0, 0.1) is 0 Å². The molecule has 0 N–H and O–H groups in total. The predicted octanol–water partition coefficient (Wildman–Crippen LogP) is 5.42. The first-order valence-corrected chi connectivity index (χ1v) is 11.1. The standard InChI is InChI=1S/C27H27N3O/c1-2-18-29(25-17-16-20-10-6-7-13-22(20)25)19-30-27(31)24-15-9-8-14-23(24)26(28-30)21-11-4-3-5-12-21/h3-15,25H,2,16-19H2,1H3. The van der Waals surface area contributed by atoms with Gasteiger partial charge in [-0.1, -0.05) is 79.7 Å². The Balaban J connectivity index is 1.59. The summed E-state index contributed by atoms with van der Waals surface area (Å²) in [4.78, 5) is 15.8. The van der Waals surface area contributed by atoms with E-state index in [1.54, 1.807) is 4.68 Å². The molecule has 0 aliphatic heterocycles. The quantitative estimate of drug-likeness (QED) is 0.427. The fourth-order valence-electron chi connectivity index (χ4n) is 4.84. The van der Waals surface area contributed by atoms with Crippen LogP contribution in [0.25, 0.3) is 22.0 Å². The minimum atomic E-state index is -0.0253. The lowest BCUT2D eigenvalue weighted by Crippen LogP contribution is -2.36. The van der Waals surface area contributed by atoms with E-state index in [0.29, 0.717) is 12.7 Å². The van der Waals surface area contributed by atoms with Crippen molar-refractivity contribution in [1.29, 1.82) is 0 Å². The maximum absolute atomic E-state index is 13.4. The monoisotopic (exact) mass is 409 g/mol. The van der Waals surface area contributed by atoms with Crippen molar-refractivity contribution < 1.29 is 0 Å². The molecule has 1 aromatic heterocycles. The zero-order valence-corrected chi connectivity index (χ0v) is 17.9. The van der Waals surface area contributed by atoms with E-state index >= 15 is 0 Å². The van der Waals surface area contributed by atoms with E-state index in [2.05, 4.69) is 48.2 Å². The summed E-state index contributed by atoms with van der Waals surface area (Å²) in [6, 6.07) is 27.0. The summed E-state index contributed by atoms with van der Waals surface area (Å²) < 4.78 is 1.67. The van der Waals surface area contributed by atoms with E-state index < -0.39 is 0 Å². The molecular formula is C27H27N3O. The van der Waals surface area contributed by atoms with Crippen LogP contribution in [0.15, 0.2) is 83.7 Å². The van der Waals surface area contributed by atoms with Gasteiger partial charge in [-0.2, -0.15) is 5.10 Å². The van der Waals surface area contributed by atoms with Crippen LogP contribution in [0.3, 0.4) is 0 Å². The van der Waals surface area contributed by atoms with Crippen molar-refractivity contribution in [2.45, 2.75) is 38.9 Å². The largest absolute Gasteiger partial charge is 0.277 e. The molecule has 1 atom stereocenters. The third kappa shape index (κ3) is 3.68. The molecule has 0 radical (unpaired) electrons. The lowest BCUT2D eigenvalue weighted by molar-refractivity contribution is 0.140.